The summed E-state index contributed by atoms with van der Waals surface area (Å²) in [5, 5.41) is 0. The number of pyridine rings is 1. The fourth-order valence-corrected chi connectivity index (χ4v) is 2.99. The van der Waals surface area contributed by atoms with Gasteiger partial charge in [0.15, 0.2) is 0 Å². The summed E-state index contributed by atoms with van der Waals surface area (Å²) >= 11 is 0. The van der Waals surface area contributed by atoms with Gasteiger partial charge in [0.05, 0.1) is 17.5 Å². The van der Waals surface area contributed by atoms with Gasteiger partial charge in [-0.3, -0.25) is 9.78 Å². The molecule has 0 aliphatic carbocycles. The summed E-state index contributed by atoms with van der Waals surface area (Å²) < 4.78 is 5.71. The average Bonchev–Trinajstić information content (AvgIpc) is 2.62. The largest absolute Gasteiger partial charge is 0.397 e. The maximum Gasteiger partial charge on any atom is 0.253 e. The lowest BCUT2D eigenvalue weighted by molar-refractivity contribution is -0.000186. The Labute approximate surface area is 142 Å². The highest BCUT2D eigenvalue weighted by molar-refractivity contribution is 5.94. The number of carbonyl (C=O) groups is 1. The van der Waals surface area contributed by atoms with E-state index in [1.807, 2.05) is 37.4 Å². The van der Waals surface area contributed by atoms with Gasteiger partial charge >= 0.3 is 0 Å². The van der Waals surface area contributed by atoms with Crippen molar-refractivity contribution in [1.82, 2.24) is 9.88 Å². The van der Waals surface area contributed by atoms with Crippen molar-refractivity contribution in [3.63, 3.8) is 0 Å². The Bertz CT molecular complexity index is 694. The van der Waals surface area contributed by atoms with Crippen molar-refractivity contribution in [2.24, 2.45) is 0 Å². The third kappa shape index (κ3) is 3.74. The van der Waals surface area contributed by atoms with Crippen LogP contribution >= 0.6 is 0 Å². The van der Waals surface area contributed by atoms with Crippen molar-refractivity contribution in [1.29, 1.82) is 0 Å². The molecule has 2 heterocycles. The molecule has 0 unspecified atom stereocenters. The number of benzene rings is 1. The summed E-state index contributed by atoms with van der Waals surface area (Å²) in [7, 11) is 1.82. The molecule has 2 N–H and O–H groups in total. The zero-order chi connectivity index (χ0) is 16.9. The molecule has 0 bridgehead atoms. The number of ether oxygens (including phenoxy) is 1. The van der Waals surface area contributed by atoms with Crippen molar-refractivity contribution >= 4 is 11.6 Å². The number of anilines is 1. The van der Waals surface area contributed by atoms with Crippen molar-refractivity contribution in [3.8, 4) is 11.3 Å². The number of likely N-dealkylation sites (N-methyl/N-ethyl adjacent to an activating group) is 1. The van der Waals surface area contributed by atoms with Crippen LogP contribution in [0.1, 0.15) is 29.6 Å². The Morgan fingerprint density at radius 2 is 2.08 bits per heavy atom. The summed E-state index contributed by atoms with van der Waals surface area (Å²) in [5.41, 5.74) is 8.88. The summed E-state index contributed by atoms with van der Waals surface area (Å²) in [6.07, 6.45) is 5.18. The van der Waals surface area contributed by atoms with Gasteiger partial charge in [-0.1, -0.05) is 12.1 Å². The fourth-order valence-electron chi connectivity index (χ4n) is 2.99. The SMILES string of the molecule is CN(C[C@H]1CCCCO1)C(=O)c1ccc(-c2ncccc2N)cc1. The number of hydrogen-bond donors (Lipinski definition) is 1. The van der Waals surface area contributed by atoms with Crippen LogP contribution in [0.5, 0.6) is 0 Å². The van der Waals surface area contributed by atoms with Gasteiger partial charge in [-0.25, -0.2) is 0 Å². The lowest BCUT2D eigenvalue weighted by Crippen LogP contribution is -2.37. The van der Waals surface area contributed by atoms with Gasteiger partial charge in [0.1, 0.15) is 0 Å². The first kappa shape index (κ1) is 16.5. The highest BCUT2D eigenvalue weighted by atomic mass is 16.5. The molecule has 1 fully saturated rings. The Morgan fingerprint density at radius 1 is 1.29 bits per heavy atom. The summed E-state index contributed by atoms with van der Waals surface area (Å²) in [6.45, 7) is 1.43. The van der Waals surface area contributed by atoms with Gasteiger partial charge in [-0.05, 0) is 43.5 Å². The highest BCUT2D eigenvalue weighted by Gasteiger charge is 2.19. The first-order valence-electron chi connectivity index (χ1n) is 8.33. The molecule has 0 saturated carbocycles. The van der Waals surface area contributed by atoms with Gasteiger partial charge in [0, 0.05) is 37.5 Å². The standard InChI is InChI=1S/C19H23N3O2/c1-22(13-16-5-2-3-12-24-16)19(23)15-9-7-14(8-10-15)18-17(20)6-4-11-21-18/h4,6-11,16H,2-3,5,12-13,20H2,1H3/t16-/m1/s1. The quantitative estimate of drug-likeness (QED) is 0.938. The summed E-state index contributed by atoms with van der Waals surface area (Å²) in [4.78, 5) is 18.6. The van der Waals surface area contributed by atoms with Crippen LogP contribution in [0, 0.1) is 0 Å². The van der Waals surface area contributed by atoms with Crippen LogP contribution in [0.2, 0.25) is 0 Å². The van der Waals surface area contributed by atoms with Gasteiger partial charge in [-0.15, -0.1) is 0 Å². The van der Waals surface area contributed by atoms with E-state index in [1.165, 1.54) is 6.42 Å². The number of nitrogens with zero attached hydrogens (tertiary/aromatic N) is 2. The van der Waals surface area contributed by atoms with Crippen LogP contribution in [0.25, 0.3) is 11.3 Å². The third-order valence-corrected chi connectivity index (χ3v) is 4.34. The molecule has 2 aromatic rings. The molecule has 1 saturated heterocycles. The molecule has 1 aromatic heterocycles. The zero-order valence-electron chi connectivity index (χ0n) is 13.9. The first-order valence-corrected chi connectivity index (χ1v) is 8.33. The Hall–Kier alpha value is -2.40. The van der Waals surface area contributed by atoms with E-state index in [0.29, 0.717) is 17.8 Å². The molecule has 3 rings (SSSR count). The topological polar surface area (TPSA) is 68.5 Å². The zero-order valence-corrected chi connectivity index (χ0v) is 13.9. The normalized spacial score (nSPS) is 17.5. The molecule has 1 aliphatic rings. The van der Waals surface area contributed by atoms with Gasteiger partial charge in [0.25, 0.3) is 5.91 Å². The summed E-state index contributed by atoms with van der Waals surface area (Å²) in [5.74, 6) is 0.00437. The lowest BCUT2D eigenvalue weighted by Gasteiger charge is -2.27. The van der Waals surface area contributed by atoms with Gasteiger partial charge in [-0.2, -0.15) is 0 Å². The van der Waals surface area contributed by atoms with Crippen molar-refractivity contribution < 1.29 is 9.53 Å². The van der Waals surface area contributed by atoms with Gasteiger partial charge in [0.2, 0.25) is 0 Å². The second-order valence-electron chi connectivity index (χ2n) is 6.19. The number of hydrogen-bond acceptors (Lipinski definition) is 4. The van der Waals surface area contributed by atoms with E-state index in [4.69, 9.17) is 10.5 Å². The van der Waals surface area contributed by atoms with E-state index in [-0.39, 0.29) is 12.0 Å². The first-order chi connectivity index (χ1) is 11.6. The van der Waals surface area contributed by atoms with E-state index in [9.17, 15) is 4.79 Å². The van der Waals surface area contributed by atoms with Crippen LogP contribution in [0.15, 0.2) is 42.6 Å². The van der Waals surface area contributed by atoms with Crippen LogP contribution in [0.3, 0.4) is 0 Å². The number of carbonyl (C=O) groups excluding carboxylic acids is 1. The van der Waals surface area contributed by atoms with E-state index in [2.05, 4.69) is 4.98 Å². The maximum absolute atomic E-state index is 12.6. The van der Waals surface area contributed by atoms with E-state index < -0.39 is 0 Å². The molecular weight excluding hydrogens is 302 g/mol. The molecule has 0 spiro atoms. The molecular formula is C19H23N3O2. The van der Waals surface area contributed by atoms with E-state index >= 15 is 0 Å². The van der Waals surface area contributed by atoms with Crippen LogP contribution in [-0.4, -0.2) is 42.1 Å². The molecule has 1 atom stereocenters. The molecule has 5 nitrogen and oxygen atoms in total. The lowest BCUT2D eigenvalue weighted by atomic mass is 10.1. The predicted octanol–water partition coefficient (Wildman–Crippen LogP) is 2.97. The van der Waals surface area contributed by atoms with Crippen molar-refractivity contribution in [2.75, 3.05) is 25.9 Å². The van der Waals surface area contributed by atoms with Crippen molar-refractivity contribution in [3.05, 3.63) is 48.2 Å². The minimum absolute atomic E-state index is 0.00437. The van der Waals surface area contributed by atoms with Crippen molar-refractivity contribution in [2.45, 2.75) is 25.4 Å². The second-order valence-corrected chi connectivity index (χ2v) is 6.19. The highest BCUT2D eigenvalue weighted by Crippen LogP contribution is 2.23. The van der Waals surface area contributed by atoms with Gasteiger partial charge < -0.3 is 15.4 Å². The van der Waals surface area contributed by atoms with Crippen LogP contribution < -0.4 is 5.73 Å². The molecule has 1 aromatic carbocycles. The summed E-state index contributed by atoms with van der Waals surface area (Å²) in [6, 6.07) is 11.0. The Morgan fingerprint density at radius 3 is 2.75 bits per heavy atom. The number of rotatable bonds is 4. The molecule has 126 valence electrons. The average molecular weight is 325 g/mol. The maximum atomic E-state index is 12.6. The Kier molecular flexibility index (Phi) is 5.11. The number of amides is 1. The number of nitrogen functional groups attached to an aromatic ring is 1. The minimum Gasteiger partial charge on any atom is -0.397 e. The molecule has 24 heavy (non-hydrogen) atoms. The molecule has 1 aliphatic heterocycles. The smallest absolute Gasteiger partial charge is 0.253 e. The van der Waals surface area contributed by atoms with Crippen LogP contribution in [0.4, 0.5) is 5.69 Å². The van der Waals surface area contributed by atoms with E-state index in [1.54, 1.807) is 17.2 Å². The molecule has 0 radical (unpaired) electrons. The fraction of sp³-hybridized carbons (Fsp3) is 0.368. The molecule has 1 amide bonds. The Balaban J connectivity index is 1.68. The number of nitrogens with two attached hydrogens (primary N) is 1. The van der Waals surface area contributed by atoms with Crippen LogP contribution in [-0.2, 0) is 4.74 Å². The van der Waals surface area contributed by atoms with E-state index in [0.717, 1.165) is 30.7 Å². The third-order valence-electron chi connectivity index (χ3n) is 4.34. The monoisotopic (exact) mass is 325 g/mol. The predicted molar refractivity (Wildman–Crippen MR) is 94.6 cm³/mol. The minimum atomic E-state index is 0.00437. The molecule has 5 heteroatoms. The second kappa shape index (κ2) is 7.45. The number of aromatic nitrogens is 1.